The van der Waals surface area contributed by atoms with Crippen LogP contribution in [0.4, 0.5) is 0 Å². The highest BCUT2D eigenvalue weighted by atomic mass is 16.2. The Hall–Kier alpha value is -1.68. The number of ketones is 1. The fourth-order valence-corrected chi connectivity index (χ4v) is 3.26. The van der Waals surface area contributed by atoms with Crippen LogP contribution in [-0.2, 0) is 9.59 Å². The molecule has 0 aliphatic carbocycles. The van der Waals surface area contributed by atoms with Gasteiger partial charge in [0.25, 0.3) is 0 Å². The van der Waals surface area contributed by atoms with Gasteiger partial charge >= 0.3 is 0 Å². The van der Waals surface area contributed by atoms with E-state index in [1.165, 1.54) is 0 Å². The standard InChI is InChI=1S/C19H28N2O2/c1-19(2,3)17(22)15-12-9-13-21(15)18(23)16(20(4)5)14-10-7-6-8-11-14/h6-8,10-11,15-16H,9,12-13H2,1-5H3/t15-,16-/m1/s1. The molecule has 0 spiro atoms. The first-order valence-electron chi connectivity index (χ1n) is 8.29. The molecule has 1 aliphatic rings. The average molecular weight is 316 g/mol. The lowest BCUT2D eigenvalue weighted by Gasteiger charge is -2.33. The molecule has 1 aliphatic heterocycles. The largest absolute Gasteiger partial charge is 0.331 e. The van der Waals surface area contributed by atoms with Crippen molar-refractivity contribution in [1.82, 2.24) is 9.80 Å². The molecule has 0 aromatic heterocycles. The van der Waals surface area contributed by atoms with Crippen molar-refractivity contribution < 1.29 is 9.59 Å². The Kier molecular flexibility index (Phi) is 5.25. The lowest BCUT2D eigenvalue weighted by atomic mass is 9.85. The molecule has 0 N–H and O–H groups in total. The van der Waals surface area contributed by atoms with E-state index in [9.17, 15) is 9.59 Å². The summed E-state index contributed by atoms with van der Waals surface area (Å²) in [4.78, 5) is 29.6. The minimum atomic E-state index is -0.423. The summed E-state index contributed by atoms with van der Waals surface area (Å²) in [5, 5.41) is 0. The molecular formula is C19H28N2O2. The lowest BCUT2D eigenvalue weighted by Crippen LogP contribution is -2.48. The zero-order chi connectivity index (χ0) is 17.2. The van der Waals surface area contributed by atoms with Crippen molar-refractivity contribution in [2.75, 3.05) is 20.6 Å². The van der Waals surface area contributed by atoms with Crippen LogP contribution in [0.5, 0.6) is 0 Å². The van der Waals surface area contributed by atoms with Crippen LogP contribution < -0.4 is 0 Å². The van der Waals surface area contributed by atoms with E-state index >= 15 is 0 Å². The molecular weight excluding hydrogens is 288 g/mol. The molecule has 0 saturated carbocycles. The summed E-state index contributed by atoms with van der Waals surface area (Å²) in [5.41, 5.74) is 0.546. The first kappa shape index (κ1) is 17.7. The molecule has 2 atom stereocenters. The summed E-state index contributed by atoms with van der Waals surface area (Å²) in [5.74, 6) is 0.190. The second-order valence-electron chi connectivity index (χ2n) is 7.58. The Labute approximate surface area is 139 Å². The second kappa shape index (κ2) is 6.83. The fraction of sp³-hybridized carbons (Fsp3) is 0.579. The number of nitrogens with zero attached hydrogens (tertiary/aromatic N) is 2. The minimum Gasteiger partial charge on any atom is -0.331 e. The molecule has 1 amide bonds. The van der Waals surface area contributed by atoms with Crippen molar-refractivity contribution in [2.45, 2.75) is 45.7 Å². The van der Waals surface area contributed by atoms with E-state index in [4.69, 9.17) is 0 Å². The SMILES string of the molecule is CN(C)[C@@H](C(=O)N1CCC[C@@H]1C(=O)C(C)(C)C)c1ccccc1. The Morgan fingerprint density at radius 3 is 2.30 bits per heavy atom. The van der Waals surface area contributed by atoms with E-state index < -0.39 is 5.41 Å². The minimum absolute atomic E-state index is 0.0290. The van der Waals surface area contributed by atoms with E-state index in [0.29, 0.717) is 6.54 Å². The lowest BCUT2D eigenvalue weighted by molar-refractivity contribution is -0.144. The third kappa shape index (κ3) is 3.81. The maximum Gasteiger partial charge on any atom is 0.245 e. The van der Waals surface area contributed by atoms with Crippen LogP contribution >= 0.6 is 0 Å². The molecule has 4 heteroatoms. The predicted octanol–water partition coefficient (Wildman–Crippen LogP) is 2.90. The molecule has 2 rings (SSSR count). The Morgan fingerprint density at radius 1 is 1.17 bits per heavy atom. The van der Waals surface area contributed by atoms with Crippen LogP contribution in [-0.4, -0.2) is 48.2 Å². The van der Waals surface area contributed by atoms with E-state index in [2.05, 4.69) is 0 Å². The van der Waals surface area contributed by atoms with Crippen LogP contribution in [0.3, 0.4) is 0 Å². The molecule has 4 nitrogen and oxygen atoms in total. The summed E-state index contributed by atoms with van der Waals surface area (Å²) < 4.78 is 0. The van der Waals surface area contributed by atoms with Gasteiger partial charge in [-0.1, -0.05) is 51.1 Å². The molecule has 0 unspecified atom stereocenters. The number of carbonyl (C=O) groups is 2. The zero-order valence-electron chi connectivity index (χ0n) is 14.9. The van der Waals surface area contributed by atoms with Gasteiger partial charge in [0, 0.05) is 12.0 Å². The number of rotatable bonds is 4. The van der Waals surface area contributed by atoms with E-state index in [-0.39, 0.29) is 23.8 Å². The Morgan fingerprint density at radius 2 is 1.78 bits per heavy atom. The van der Waals surface area contributed by atoms with Gasteiger partial charge in [-0.2, -0.15) is 0 Å². The normalized spacial score (nSPS) is 19.9. The van der Waals surface area contributed by atoms with Gasteiger partial charge in [0.05, 0.1) is 6.04 Å². The van der Waals surface area contributed by atoms with Crippen molar-refractivity contribution in [3.8, 4) is 0 Å². The monoisotopic (exact) mass is 316 g/mol. The van der Waals surface area contributed by atoms with E-state index in [0.717, 1.165) is 18.4 Å². The fourth-order valence-electron chi connectivity index (χ4n) is 3.26. The van der Waals surface area contributed by atoms with Crippen molar-refractivity contribution >= 4 is 11.7 Å². The molecule has 1 aromatic rings. The van der Waals surface area contributed by atoms with Crippen molar-refractivity contribution in [3.63, 3.8) is 0 Å². The number of likely N-dealkylation sites (N-methyl/N-ethyl adjacent to an activating group) is 1. The predicted molar refractivity (Wildman–Crippen MR) is 92.1 cm³/mol. The van der Waals surface area contributed by atoms with Crippen LogP contribution in [0.2, 0.25) is 0 Å². The number of amides is 1. The average Bonchev–Trinajstić information content (AvgIpc) is 2.95. The first-order valence-corrected chi connectivity index (χ1v) is 8.29. The number of hydrogen-bond acceptors (Lipinski definition) is 3. The highest BCUT2D eigenvalue weighted by molar-refractivity contribution is 5.94. The molecule has 1 aromatic carbocycles. The van der Waals surface area contributed by atoms with E-state index in [1.807, 2.05) is 70.1 Å². The zero-order valence-corrected chi connectivity index (χ0v) is 14.9. The van der Waals surface area contributed by atoms with Crippen molar-refractivity contribution in [2.24, 2.45) is 5.41 Å². The number of benzene rings is 1. The number of hydrogen-bond donors (Lipinski definition) is 0. The molecule has 1 heterocycles. The third-order valence-electron chi connectivity index (χ3n) is 4.44. The van der Waals surface area contributed by atoms with Gasteiger partial charge in [0.1, 0.15) is 6.04 Å². The molecule has 126 valence electrons. The van der Waals surface area contributed by atoms with Crippen LogP contribution in [0.25, 0.3) is 0 Å². The van der Waals surface area contributed by atoms with Gasteiger partial charge in [0.2, 0.25) is 5.91 Å². The van der Waals surface area contributed by atoms with Crippen molar-refractivity contribution in [1.29, 1.82) is 0 Å². The summed E-state index contributed by atoms with van der Waals surface area (Å²) in [6, 6.07) is 9.15. The maximum atomic E-state index is 13.2. The van der Waals surface area contributed by atoms with Gasteiger partial charge in [0.15, 0.2) is 5.78 Å². The maximum absolute atomic E-state index is 13.2. The van der Waals surface area contributed by atoms with Gasteiger partial charge in [-0.25, -0.2) is 0 Å². The summed E-state index contributed by atoms with van der Waals surface area (Å²) in [6.07, 6.45) is 1.67. The van der Waals surface area contributed by atoms with Gasteiger partial charge < -0.3 is 4.90 Å². The molecule has 1 fully saturated rings. The van der Waals surface area contributed by atoms with Crippen LogP contribution in [0.1, 0.15) is 45.2 Å². The van der Waals surface area contributed by atoms with Crippen LogP contribution in [0, 0.1) is 5.41 Å². The van der Waals surface area contributed by atoms with E-state index in [1.54, 1.807) is 4.90 Å². The topological polar surface area (TPSA) is 40.6 Å². The third-order valence-corrected chi connectivity index (χ3v) is 4.44. The summed E-state index contributed by atoms with van der Waals surface area (Å²) in [7, 11) is 3.82. The summed E-state index contributed by atoms with van der Waals surface area (Å²) in [6.45, 7) is 6.45. The summed E-state index contributed by atoms with van der Waals surface area (Å²) >= 11 is 0. The molecule has 23 heavy (non-hydrogen) atoms. The van der Waals surface area contributed by atoms with Gasteiger partial charge in [-0.3, -0.25) is 14.5 Å². The smallest absolute Gasteiger partial charge is 0.245 e. The van der Waals surface area contributed by atoms with Crippen LogP contribution in [0.15, 0.2) is 30.3 Å². The van der Waals surface area contributed by atoms with Gasteiger partial charge in [-0.05, 0) is 32.5 Å². The molecule has 0 radical (unpaired) electrons. The van der Waals surface area contributed by atoms with Gasteiger partial charge in [-0.15, -0.1) is 0 Å². The van der Waals surface area contributed by atoms with Crippen molar-refractivity contribution in [3.05, 3.63) is 35.9 Å². The number of Topliss-reactive ketones (excluding diaryl/α,β-unsaturated/α-hetero) is 1. The highest BCUT2D eigenvalue weighted by Crippen LogP contribution is 2.30. The Bertz CT molecular complexity index is 560. The molecule has 1 saturated heterocycles. The first-order chi connectivity index (χ1) is 10.7. The Balaban J connectivity index is 2.28. The number of likely N-dealkylation sites (tertiary alicyclic amines) is 1. The quantitative estimate of drug-likeness (QED) is 0.857. The highest BCUT2D eigenvalue weighted by Gasteiger charge is 2.41. The molecule has 0 bridgehead atoms. The number of carbonyl (C=O) groups excluding carboxylic acids is 2. The second-order valence-corrected chi connectivity index (χ2v) is 7.58.